The summed E-state index contributed by atoms with van der Waals surface area (Å²) < 4.78 is 0. The number of allylic oxidation sites excluding steroid dienone is 5. The van der Waals surface area contributed by atoms with Crippen LogP contribution in [0.4, 0.5) is 0 Å². The van der Waals surface area contributed by atoms with Gasteiger partial charge in [-0.3, -0.25) is 9.80 Å². The predicted molar refractivity (Wildman–Crippen MR) is 95.0 cm³/mol. The van der Waals surface area contributed by atoms with Crippen LogP contribution in [0.2, 0.25) is 0 Å². The van der Waals surface area contributed by atoms with Crippen molar-refractivity contribution in [2.75, 3.05) is 13.6 Å². The van der Waals surface area contributed by atoms with Gasteiger partial charge in [0.15, 0.2) is 6.29 Å². The summed E-state index contributed by atoms with van der Waals surface area (Å²) in [5.74, 6) is 0.477. The zero-order valence-electron chi connectivity index (χ0n) is 14.3. The molecular formula is C19H30N2O. The van der Waals surface area contributed by atoms with Crippen molar-refractivity contribution in [2.45, 2.75) is 52.4 Å². The SMILES string of the molecule is CCCCCC/C=C(C)/C(C=O)=N\N(C)CC1C=CC=CC1. The Bertz CT molecular complexity index is 446. The van der Waals surface area contributed by atoms with Crippen LogP contribution in [0.5, 0.6) is 0 Å². The van der Waals surface area contributed by atoms with Crippen molar-refractivity contribution in [1.29, 1.82) is 0 Å². The van der Waals surface area contributed by atoms with E-state index in [4.69, 9.17) is 0 Å². The summed E-state index contributed by atoms with van der Waals surface area (Å²) in [5.41, 5.74) is 1.53. The molecule has 0 saturated carbocycles. The van der Waals surface area contributed by atoms with Crippen molar-refractivity contribution in [3.8, 4) is 0 Å². The van der Waals surface area contributed by atoms with Gasteiger partial charge >= 0.3 is 0 Å². The first-order chi connectivity index (χ1) is 10.7. The smallest absolute Gasteiger partial charge is 0.170 e. The van der Waals surface area contributed by atoms with E-state index in [1.807, 2.05) is 19.0 Å². The Balaban J connectivity index is 2.49. The summed E-state index contributed by atoms with van der Waals surface area (Å²) in [6, 6.07) is 0. The van der Waals surface area contributed by atoms with E-state index < -0.39 is 0 Å². The monoisotopic (exact) mass is 302 g/mol. The molecule has 1 aliphatic carbocycles. The quantitative estimate of drug-likeness (QED) is 0.257. The van der Waals surface area contributed by atoms with E-state index in [0.29, 0.717) is 11.6 Å². The van der Waals surface area contributed by atoms with Gasteiger partial charge < -0.3 is 0 Å². The number of carbonyl (C=O) groups is 1. The molecular weight excluding hydrogens is 272 g/mol. The Morgan fingerprint density at radius 1 is 1.32 bits per heavy atom. The molecule has 0 fully saturated rings. The molecule has 0 aromatic rings. The summed E-state index contributed by atoms with van der Waals surface area (Å²) >= 11 is 0. The van der Waals surface area contributed by atoms with E-state index in [1.165, 1.54) is 25.7 Å². The molecule has 122 valence electrons. The molecule has 0 radical (unpaired) electrons. The number of hydrogen-bond acceptors (Lipinski definition) is 3. The first-order valence-corrected chi connectivity index (χ1v) is 8.42. The van der Waals surface area contributed by atoms with Gasteiger partial charge in [0.2, 0.25) is 0 Å². The lowest BCUT2D eigenvalue weighted by Gasteiger charge is -2.20. The summed E-state index contributed by atoms with van der Waals surface area (Å²) in [6.07, 6.45) is 18.6. The molecule has 1 atom stereocenters. The molecule has 0 aromatic heterocycles. The molecule has 0 N–H and O–H groups in total. The third-order valence-corrected chi connectivity index (χ3v) is 3.87. The Morgan fingerprint density at radius 2 is 2.14 bits per heavy atom. The Morgan fingerprint density at radius 3 is 2.77 bits per heavy atom. The number of unbranched alkanes of at least 4 members (excludes halogenated alkanes) is 4. The molecule has 0 bridgehead atoms. The molecule has 0 amide bonds. The Kier molecular flexibility index (Phi) is 9.20. The molecule has 1 unspecified atom stereocenters. The van der Waals surface area contributed by atoms with Crippen LogP contribution in [-0.2, 0) is 4.79 Å². The maximum absolute atomic E-state index is 11.3. The molecule has 1 aliphatic rings. The largest absolute Gasteiger partial charge is 0.299 e. The van der Waals surface area contributed by atoms with Crippen molar-refractivity contribution in [3.05, 3.63) is 36.0 Å². The molecule has 1 rings (SSSR count). The number of carbonyl (C=O) groups excluding carboxylic acids is 1. The van der Waals surface area contributed by atoms with Crippen molar-refractivity contribution in [3.63, 3.8) is 0 Å². The van der Waals surface area contributed by atoms with Crippen molar-refractivity contribution >= 4 is 12.0 Å². The van der Waals surface area contributed by atoms with Gasteiger partial charge in [0.25, 0.3) is 0 Å². The average Bonchev–Trinajstić information content (AvgIpc) is 2.53. The highest BCUT2D eigenvalue weighted by atomic mass is 16.1. The normalized spacial score (nSPS) is 18.6. The van der Waals surface area contributed by atoms with Crippen molar-refractivity contribution < 1.29 is 4.79 Å². The molecule has 0 saturated heterocycles. The van der Waals surface area contributed by atoms with Gasteiger partial charge in [-0.15, -0.1) is 0 Å². The number of aldehydes is 1. The summed E-state index contributed by atoms with van der Waals surface area (Å²) in [7, 11) is 1.93. The van der Waals surface area contributed by atoms with Crippen LogP contribution in [-0.4, -0.2) is 30.6 Å². The molecule has 3 nitrogen and oxygen atoms in total. The molecule has 0 spiro atoms. The second-order valence-electron chi connectivity index (χ2n) is 5.99. The fourth-order valence-corrected chi connectivity index (χ4v) is 2.52. The standard InChI is InChI=1S/C19H30N2O/c1-4-5-6-7-9-12-17(2)19(16-22)20-21(3)15-18-13-10-8-11-14-18/h8,10-13,16,18H,4-7,9,14-15H2,1-3H3/b17-12+,20-19-. The van der Waals surface area contributed by atoms with E-state index in [-0.39, 0.29) is 0 Å². The second kappa shape index (κ2) is 11.0. The zero-order valence-corrected chi connectivity index (χ0v) is 14.3. The number of hydrazone groups is 1. The third-order valence-electron chi connectivity index (χ3n) is 3.87. The topological polar surface area (TPSA) is 32.7 Å². The zero-order chi connectivity index (χ0) is 16.2. The highest BCUT2D eigenvalue weighted by Gasteiger charge is 2.09. The fourth-order valence-electron chi connectivity index (χ4n) is 2.52. The lowest BCUT2D eigenvalue weighted by molar-refractivity contribution is -0.102. The maximum atomic E-state index is 11.3. The summed E-state index contributed by atoms with van der Waals surface area (Å²) in [5, 5.41) is 6.34. The van der Waals surface area contributed by atoms with Crippen LogP contribution in [0, 0.1) is 5.92 Å². The molecule has 0 aromatic carbocycles. The van der Waals surface area contributed by atoms with Crippen molar-refractivity contribution in [2.24, 2.45) is 11.0 Å². The van der Waals surface area contributed by atoms with Crippen molar-refractivity contribution in [1.82, 2.24) is 5.01 Å². The minimum absolute atomic E-state index is 0.477. The van der Waals surface area contributed by atoms with Crippen LogP contribution < -0.4 is 0 Å². The third kappa shape index (κ3) is 7.39. The number of nitrogens with zero attached hydrogens (tertiary/aromatic N) is 2. The van der Waals surface area contributed by atoms with Gasteiger partial charge in [-0.05, 0) is 37.7 Å². The second-order valence-corrected chi connectivity index (χ2v) is 5.99. The van der Waals surface area contributed by atoms with Gasteiger partial charge in [-0.2, -0.15) is 5.10 Å². The van der Waals surface area contributed by atoms with Gasteiger partial charge in [-0.25, -0.2) is 0 Å². The van der Waals surface area contributed by atoms with Crippen LogP contribution in [0.25, 0.3) is 0 Å². The lowest BCUT2D eigenvalue weighted by Crippen LogP contribution is -2.22. The van der Waals surface area contributed by atoms with Gasteiger partial charge in [-0.1, -0.05) is 56.6 Å². The minimum atomic E-state index is 0.477. The first kappa shape index (κ1) is 18.4. The van der Waals surface area contributed by atoms with Crippen LogP contribution in [0.3, 0.4) is 0 Å². The van der Waals surface area contributed by atoms with E-state index in [9.17, 15) is 4.79 Å². The molecule has 22 heavy (non-hydrogen) atoms. The van der Waals surface area contributed by atoms with E-state index in [2.05, 4.69) is 42.4 Å². The molecule has 0 aliphatic heterocycles. The maximum Gasteiger partial charge on any atom is 0.170 e. The van der Waals surface area contributed by atoms with E-state index in [0.717, 1.165) is 31.2 Å². The summed E-state index contributed by atoms with van der Waals surface area (Å²) in [4.78, 5) is 11.3. The van der Waals surface area contributed by atoms with E-state index in [1.54, 1.807) is 0 Å². The van der Waals surface area contributed by atoms with Crippen LogP contribution in [0.1, 0.15) is 52.4 Å². The van der Waals surface area contributed by atoms with Gasteiger partial charge in [0, 0.05) is 13.6 Å². The highest BCUT2D eigenvalue weighted by Crippen LogP contribution is 2.13. The highest BCUT2D eigenvalue weighted by molar-refractivity contribution is 6.35. The fraction of sp³-hybridized carbons (Fsp3) is 0.579. The van der Waals surface area contributed by atoms with Gasteiger partial charge in [0.05, 0.1) is 0 Å². The number of hydrogen-bond donors (Lipinski definition) is 0. The average molecular weight is 302 g/mol. The Hall–Kier alpha value is -1.64. The first-order valence-electron chi connectivity index (χ1n) is 8.42. The summed E-state index contributed by atoms with van der Waals surface area (Å²) in [6.45, 7) is 5.03. The van der Waals surface area contributed by atoms with Crippen LogP contribution in [0.15, 0.2) is 41.1 Å². The van der Waals surface area contributed by atoms with Gasteiger partial charge in [0.1, 0.15) is 5.71 Å². The number of rotatable bonds is 10. The predicted octanol–water partition coefficient (Wildman–Crippen LogP) is 4.52. The molecule has 0 heterocycles. The van der Waals surface area contributed by atoms with Crippen LogP contribution >= 0.6 is 0 Å². The lowest BCUT2D eigenvalue weighted by atomic mass is 10.0. The minimum Gasteiger partial charge on any atom is -0.299 e. The molecule has 3 heteroatoms. The Labute approximate surface area is 135 Å². The van der Waals surface area contributed by atoms with E-state index >= 15 is 0 Å².